The summed E-state index contributed by atoms with van der Waals surface area (Å²) in [6.45, 7) is 5.53. The molecule has 22 heavy (non-hydrogen) atoms. The maximum absolute atomic E-state index is 12.8. The average molecular weight is 326 g/mol. The molecule has 0 aromatic heterocycles. The Morgan fingerprint density at radius 3 is 2.36 bits per heavy atom. The number of hydrogen-bond acceptors (Lipinski definition) is 4. The minimum atomic E-state index is -3.86. The molecule has 1 aromatic carbocycles. The Morgan fingerprint density at radius 2 is 1.86 bits per heavy atom. The summed E-state index contributed by atoms with van der Waals surface area (Å²) in [4.78, 5) is 14.4. The van der Waals surface area contributed by atoms with Gasteiger partial charge in [-0.1, -0.05) is 13.8 Å². The van der Waals surface area contributed by atoms with Gasteiger partial charge in [0.1, 0.15) is 5.75 Å². The van der Waals surface area contributed by atoms with Crippen LogP contribution < -0.4 is 9.88 Å². The number of amides is 1. The van der Waals surface area contributed by atoms with Crippen molar-refractivity contribution in [3.8, 4) is 5.75 Å². The van der Waals surface area contributed by atoms with Gasteiger partial charge in [-0.25, -0.2) is 13.6 Å². The highest BCUT2D eigenvalue weighted by Gasteiger charge is 2.28. The molecule has 2 N–H and O–H groups in total. The van der Waals surface area contributed by atoms with Crippen LogP contribution in [0.15, 0.2) is 23.1 Å². The number of sulfonamides is 1. The molecule has 0 radical (unpaired) electrons. The lowest BCUT2D eigenvalue weighted by Crippen LogP contribution is -2.42. The minimum Gasteiger partial charge on any atom is -0.496 e. The molecule has 1 aromatic rings. The number of benzene rings is 1. The molecule has 7 heteroatoms. The quantitative estimate of drug-likeness (QED) is 0.910. The molecule has 1 aliphatic heterocycles. The van der Waals surface area contributed by atoms with Gasteiger partial charge in [0.2, 0.25) is 10.0 Å². The topological polar surface area (TPSA) is 89.7 Å². The smallest absolute Gasteiger partial charge is 0.257 e. The second kappa shape index (κ2) is 6.26. The fraction of sp³-hybridized carbons (Fsp3) is 0.533. The zero-order valence-corrected chi connectivity index (χ0v) is 13.9. The van der Waals surface area contributed by atoms with E-state index >= 15 is 0 Å². The van der Waals surface area contributed by atoms with Crippen LogP contribution in [0.1, 0.15) is 30.6 Å². The van der Waals surface area contributed by atoms with Crippen LogP contribution in [0.2, 0.25) is 0 Å². The molecule has 0 saturated carbocycles. The van der Waals surface area contributed by atoms with Crippen molar-refractivity contribution >= 4 is 15.9 Å². The predicted octanol–water partition coefficient (Wildman–Crippen LogP) is 1.46. The van der Waals surface area contributed by atoms with Crippen molar-refractivity contribution in [2.45, 2.75) is 25.2 Å². The fourth-order valence-corrected chi connectivity index (χ4v) is 3.57. The molecule has 2 atom stereocenters. The summed E-state index contributed by atoms with van der Waals surface area (Å²) < 4.78 is 28.2. The minimum absolute atomic E-state index is 0.0882. The second-order valence-corrected chi connectivity index (χ2v) is 7.62. The molecule has 6 nitrogen and oxygen atoms in total. The van der Waals surface area contributed by atoms with E-state index in [1.165, 1.54) is 25.3 Å². The standard InChI is InChI=1S/C15H22N2O4S/c1-10-6-11(2)9-17(8-10)15(18)13-7-12(22(16,19)20)4-5-14(13)21-3/h4-5,7,10-11H,6,8-9H2,1-3H3,(H2,16,19,20). The maximum atomic E-state index is 12.8. The molecule has 2 unspecified atom stereocenters. The van der Waals surface area contributed by atoms with E-state index in [9.17, 15) is 13.2 Å². The van der Waals surface area contributed by atoms with Crippen LogP contribution in [0.3, 0.4) is 0 Å². The third-order valence-corrected chi connectivity index (χ3v) is 4.80. The summed E-state index contributed by atoms with van der Waals surface area (Å²) in [5.41, 5.74) is 0.232. The third-order valence-electron chi connectivity index (χ3n) is 3.89. The number of rotatable bonds is 3. The van der Waals surface area contributed by atoms with E-state index in [1.807, 2.05) is 0 Å². The van der Waals surface area contributed by atoms with Crippen LogP contribution in [-0.4, -0.2) is 39.4 Å². The van der Waals surface area contributed by atoms with Gasteiger partial charge in [0.25, 0.3) is 5.91 Å². The number of piperidine rings is 1. The largest absolute Gasteiger partial charge is 0.496 e. The van der Waals surface area contributed by atoms with Crippen LogP contribution in [0.5, 0.6) is 5.75 Å². The van der Waals surface area contributed by atoms with E-state index in [0.717, 1.165) is 6.42 Å². The average Bonchev–Trinajstić information content (AvgIpc) is 2.43. The van der Waals surface area contributed by atoms with Crippen molar-refractivity contribution in [2.75, 3.05) is 20.2 Å². The molecular formula is C15H22N2O4S. The van der Waals surface area contributed by atoms with Crippen LogP contribution >= 0.6 is 0 Å². The molecule has 2 rings (SSSR count). The molecule has 0 spiro atoms. The highest BCUT2D eigenvalue weighted by atomic mass is 32.2. The predicted molar refractivity (Wildman–Crippen MR) is 83.2 cm³/mol. The summed E-state index contributed by atoms with van der Waals surface area (Å²) in [6.07, 6.45) is 1.08. The Kier molecular flexibility index (Phi) is 4.77. The van der Waals surface area contributed by atoms with Crippen LogP contribution in [0, 0.1) is 11.8 Å². The summed E-state index contributed by atoms with van der Waals surface area (Å²) in [5.74, 6) is 0.962. The number of ether oxygens (including phenoxy) is 1. The number of carbonyl (C=O) groups is 1. The van der Waals surface area contributed by atoms with Crippen molar-refractivity contribution in [3.63, 3.8) is 0 Å². The van der Waals surface area contributed by atoms with Crippen LogP contribution in [0.25, 0.3) is 0 Å². The van der Waals surface area contributed by atoms with Crippen molar-refractivity contribution in [1.82, 2.24) is 4.90 Å². The van der Waals surface area contributed by atoms with Gasteiger partial charge in [0.05, 0.1) is 17.6 Å². The second-order valence-electron chi connectivity index (χ2n) is 6.06. The highest BCUT2D eigenvalue weighted by molar-refractivity contribution is 7.89. The van der Waals surface area contributed by atoms with E-state index in [-0.39, 0.29) is 16.4 Å². The van der Waals surface area contributed by atoms with Gasteiger partial charge in [0.15, 0.2) is 0 Å². The van der Waals surface area contributed by atoms with Gasteiger partial charge < -0.3 is 9.64 Å². The van der Waals surface area contributed by atoms with Crippen molar-refractivity contribution in [1.29, 1.82) is 0 Å². The molecule has 1 fully saturated rings. The lowest BCUT2D eigenvalue weighted by molar-refractivity contribution is 0.0619. The van der Waals surface area contributed by atoms with Gasteiger partial charge in [-0.05, 0) is 36.5 Å². The first kappa shape index (κ1) is 16.8. The molecule has 122 valence electrons. The van der Waals surface area contributed by atoms with E-state index in [0.29, 0.717) is 30.7 Å². The summed E-state index contributed by atoms with van der Waals surface area (Å²) in [6, 6.07) is 4.09. The normalized spacial score (nSPS) is 22.5. The fourth-order valence-electron chi connectivity index (χ4n) is 3.03. The lowest BCUT2D eigenvalue weighted by Gasteiger charge is -2.35. The number of nitrogens with zero attached hydrogens (tertiary/aromatic N) is 1. The van der Waals surface area contributed by atoms with Crippen LogP contribution in [0.4, 0.5) is 0 Å². The number of likely N-dealkylation sites (tertiary alicyclic amines) is 1. The Morgan fingerprint density at radius 1 is 1.27 bits per heavy atom. The number of hydrogen-bond donors (Lipinski definition) is 1. The molecule has 0 aliphatic carbocycles. The van der Waals surface area contributed by atoms with Crippen LogP contribution in [-0.2, 0) is 10.0 Å². The SMILES string of the molecule is COc1ccc(S(N)(=O)=O)cc1C(=O)N1CC(C)CC(C)C1. The van der Waals surface area contributed by atoms with Gasteiger partial charge in [-0.2, -0.15) is 0 Å². The summed E-state index contributed by atoms with van der Waals surface area (Å²) in [7, 11) is -2.41. The Labute approximate surface area is 131 Å². The van der Waals surface area contributed by atoms with Gasteiger partial charge in [0, 0.05) is 13.1 Å². The van der Waals surface area contributed by atoms with E-state index < -0.39 is 10.0 Å². The maximum Gasteiger partial charge on any atom is 0.257 e. The molecule has 0 bridgehead atoms. The highest BCUT2D eigenvalue weighted by Crippen LogP contribution is 2.27. The van der Waals surface area contributed by atoms with E-state index in [4.69, 9.17) is 9.88 Å². The number of nitrogens with two attached hydrogens (primary N) is 1. The molecule has 1 aliphatic rings. The van der Waals surface area contributed by atoms with Crippen molar-refractivity contribution in [3.05, 3.63) is 23.8 Å². The third kappa shape index (κ3) is 3.59. The molecule has 1 amide bonds. The van der Waals surface area contributed by atoms with Gasteiger partial charge in [-0.15, -0.1) is 0 Å². The first-order chi connectivity index (χ1) is 10.2. The van der Waals surface area contributed by atoms with Gasteiger partial charge in [-0.3, -0.25) is 4.79 Å². The number of methoxy groups -OCH3 is 1. The molecule has 1 heterocycles. The zero-order chi connectivity index (χ0) is 16.5. The monoisotopic (exact) mass is 326 g/mol. The number of primary sulfonamides is 1. The van der Waals surface area contributed by atoms with Crippen molar-refractivity contribution in [2.24, 2.45) is 17.0 Å². The first-order valence-corrected chi connectivity index (χ1v) is 8.77. The van der Waals surface area contributed by atoms with E-state index in [2.05, 4.69) is 13.8 Å². The Balaban J connectivity index is 2.39. The van der Waals surface area contributed by atoms with Crippen molar-refractivity contribution < 1.29 is 17.9 Å². The Hall–Kier alpha value is -1.60. The Bertz CT molecular complexity index is 662. The molecular weight excluding hydrogens is 304 g/mol. The van der Waals surface area contributed by atoms with Gasteiger partial charge >= 0.3 is 0 Å². The summed E-state index contributed by atoms with van der Waals surface area (Å²) in [5, 5.41) is 5.15. The lowest BCUT2D eigenvalue weighted by atomic mass is 9.91. The first-order valence-electron chi connectivity index (χ1n) is 7.22. The molecule has 1 saturated heterocycles. The number of carbonyl (C=O) groups excluding carboxylic acids is 1. The summed E-state index contributed by atoms with van der Waals surface area (Å²) >= 11 is 0. The zero-order valence-electron chi connectivity index (χ0n) is 13.1. The van der Waals surface area contributed by atoms with E-state index in [1.54, 1.807) is 4.90 Å².